The second kappa shape index (κ2) is 14.0. The third-order valence-electron chi connectivity index (χ3n) is 10.9. The third-order valence-corrected chi connectivity index (χ3v) is 10.9. The van der Waals surface area contributed by atoms with Gasteiger partial charge in [0.25, 0.3) is 0 Å². The Kier molecular flexibility index (Phi) is 8.24. The maximum Gasteiger partial charge on any atom is 0.0540 e. The van der Waals surface area contributed by atoms with Crippen LogP contribution in [0.4, 0.5) is 17.1 Å². The molecular formula is C54H37N. The van der Waals surface area contributed by atoms with Gasteiger partial charge in [-0.25, -0.2) is 0 Å². The van der Waals surface area contributed by atoms with Crippen molar-refractivity contribution >= 4 is 49.4 Å². The molecule has 0 aromatic heterocycles. The fourth-order valence-corrected chi connectivity index (χ4v) is 8.06. The molecule has 0 atom stereocenters. The largest absolute Gasteiger partial charge is 0.310 e. The average Bonchev–Trinajstić information content (AvgIpc) is 3.27. The van der Waals surface area contributed by atoms with Crippen LogP contribution in [0.2, 0.25) is 0 Å². The van der Waals surface area contributed by atoms with E-state index in [0.29, 0.717) is 0 Å². The number of hydrogen-bond acceptors (Lipinski definition) is 1. The van der Waals surface area contributed by atoms with Gasteiger partial charge in [-0.05, 0) is 108 Å². The normalized spacial score (nSPS) is 11.3. The number of para-hydroxylation sites is 1. The standard InChI is InChI=1S/C54H37N/c1-3-11-38(12-4-1)40-19-21-44(22-20-40)50-16-9-10-18-53(50)55(48-32-27-41(28-33-48)39-13-5-2-6-14-39)49-34-29-42(30-35-49)46-31-36-52-47(37-46)26-25-45-24-23-43-15-7-8-17-51(43)54(45)52/h1-37H. The van der Waals surface area contributed by atoms with Crippen LogP contribution >= 0.6 is 0 Å². The van der Waals surface area contributed by atoms with Crippen LogP contribution in [0, 0.1) is 0 Å². The van der Waals surface area contributed by atoms with Gasteiger partial charge in [0.2, 0.25) is 0 Å². The third kappa shape index (κ3) is 6.12. The maximum absolute atomic E-state index is 2.39. The van der Waals surface area contributed by atoms with Crippen LogP contribution in [0.15, 0.2) is 224 Å². The molecule has 10 aromatic carbocycles. The topological polar surface area (TPSA) is 3.24 Å². The Hall–Kier alpha value is -7.22. The highest BCUT2D eigenvalue weighted by Gasteiger charge is 2.18. The maximum atomic E-state index is 2.39. The summed E-state index contributed by atoms with van der Waals surface area (Å²) in [5, 5.41) is 7.69. The predicted octanol–water partition coefficient (Wildman–Crippen LogP) is 15.3. The van der Waals surface area contributed by atoms with Crippen LogP contribution < -0.4 is 4.90 Å². The fourth-order valence-electron chi connectivity index (χ4n) is 8.06. The molecule has 1 nitrogen and oxygen atoms in total. The van der Waals surface area contributed by atoms with Gasteiger partial charge >= 0.3 is 0 Å². The van der Waals surface area contributed by atoms with Crippen molar-refractivity contribution in [3.63, 3.8) is 0 Å². The van der Waals surface area contributed by atoms with Crippen LogP contribution in [0.5, 0.6) is 0 Å². The molecule has 10 rings (SSSR count). The van der Waals surface area contributed by atoms with Crippen LogP contribution in [-0.4, -0.2) is 0 Å². The van der Waals surface area contributed by atoms with Gasteiger partial charge in [-0.1, -0.05) is 188 Å². The summed E-state index contributed by atoms with van der Waals surface area (Å²) in [4.78, 5) is 2.39. The lowest BCUT2D eigenvalue weighted by atomic mass is 9.94. The summed E-state index contributed by atoms with van der Waals surface area (Å²) in [7, 11) is 0. The van der Waals surface area contributed by atoms with Crippen molar-refractivity contribution in [2.45, 2.75) is 0 Å². The van der Waals surface area contributed by atoms with E-state index in [1.807, 2.05) is 0 Å². The molecule has 0 amide bonds. The van der Waals surface area contributed by atoms with Crippen molar-refractivity contribution in [2.24, 2.45) is 0 Å². The zero-order chi connectivity index (χ0) is 36.6. The summed E-state index contributed by atoms with van der Waals surface area (Å²) in [6.45, 7) is 0. The number of fused-ring (bicyclic) bond motifs is 5. The summed E-state index contributed by atoms with van der Waals surface area (Å²) in [5.41, 5.74) is 12.9. The van der Waals surface area contributed by atoms with Gasteiger partial charge in [0.05, 0.1) is 5.69 Å². The average molecular weight is 700 g/mol. The molecule has 0 heterocycles. The first-order chi connectivity index (χ1) is 27.3. The molecule has 0 N–H and O–H groups in total. The molecule has 0 saturated carbocycles. The molecule has 0 fully saturated rings. The Morgan fingerprint density at radius 2 is 0.691 bits per heavy atom. The number of nitrogens with zero attached hydrogens (tertiary/aromatic N) is 1. The SMILES string of the molecule is c1ccc(-c2ccc(-c3ccccc3N(c3ccc(-c4ccccc4)cc3)c3ccc(-c4ccc5c(ccc6ccc7ccccc7c65)c4)cc3)cc2)cc1. The van der Waals surface area contributed by atoms with Gasteiger partial charge in [-0.2, -0.15) is 0 Å². The molecule has 0 unspecified atom stereocenters. The van der Waals surface area contributed by atoms with Crippen molar-refractivity contribution in [1.29, 1.82) is 0 Å². The minimum atomic E-state index is 1.10. The number of rotatable bonds is 7. The van der Waals surface area contributed by atoms with E-state index in [4.69, 9.17) is 0 Å². The van der Waals surface area contributed by atoms with Crippen molar-refractivity contribution in [3.8, 4) is 44.5 Å². The van der Waals surface area contributed by atoms with Crippen LogP contribution in [0.1, 0.15) is 0 Å². The minimum Gasteiger partial charge on any atom is -0.310 e. The van der Waals surface area contributed by atoms with Crippen molar-refractivity contribution in [3.05, 3.63) is 224 Å². The quantitative estimate of drug-likeness (QED) is 0.150. The Morgan fingerprint density at radius 1 is 0.255 bits per heavy atom. The minimum absolute atomic E-state index is 1.10. The predicted molar refractivity (Wildman–Crippen MR) is 235 cm³/mol. The smallest absolute Gasteiger partial charge is 0.0540 e. The van der Waals surface area contributed by atoms with E-state index in [2.05, 4.69) is 229 Å². The van der Waals surface area contributed by atoms with Crippen LogP contribution in [-0.2, 0) is 0 Å². The Labute approximate surface area is 322 Å². The molecular weight excluding hydrogens is 663 g/mol. The summed E-state index contributed by atoms with van der Waals surface area (Å²) in [6, 6.07) is 81.4. The van der Waals surface area contributed by atoms with Gasteiger partial charge in [0.15, 0.2) is 0 Å². The second-order valence-electron chi connectivity index (χ2n) is 14.1. The summed E-state index contributed by atoms with van der Waals surface area (Å²) in [5.74, 6) is 0. The zero-order valence-corrected chi connectivity index (χ0v) is 30.3. The van der Waals surface area contributed by atoms with Gasteiger partial charge in [-0.15, -0.1) is 0 Å². The van der Waals surface area contributed by atoms with Gasteiger partial charge in [0, 0.05) is 16.9 Å². The molecule has 0 radical (unpaired) electrons. The monoisotopic (exact) mass is 699 g/mol. The zero-order valence-electron chi connectivity index (χ0n) is 30.3. The fraction of sp³-hybridized carbons (Fsp3) is 0. The van der Waals surface area contributed by atoms with Gasteiger partial charge in [-0.3, -0.25) is 0 Å². The van der Waals surface area contributed by atoms with E-state index < -0.39 is 0 Å². The lowest BCUT2D eigenvalue weighted by molar-refractivity contribution is 1.28. The molecule has 0 spiro atoms. The molecule has 0 aliphatic carbocycles. The molecule has 258 valence electrons. The first-order valence-corrected chi connectivity index (χ1v) is 18.9. The molecule has 10 aromatic rings. The molecule has 0 aliphatic heterocycles. The van der Waals surface area contributed by atoms with E-state index in [-0.39, 0.29) is 0 Å². The highest BCUT2D eigenvalue weighted by molar-refractivity contribution is 6.20. The molecule has 55 heavy (non-hydrogen) atoms. The Bertz CT molecular complexity index is 2930. The van der Waals surface area contributed by atoms with Gasteiger partial charge in [0.1, 0.15) is 0 Å². The van der Waals surface area contributed by atoms with E-state index in [9.17, 15) is 0 Å². The van der Waals surface area contributed by atoms with Crippen LogP contribution in [0.3, 0.4) is 0 Å². The summed E-state index contributed by atoms with van der Waals surface area (Å²) < 4.78 is 0. The van der Waals surface area contributed by atoms with E-state index in [1.165, 1.54) is 76.8 Å². The molecule has 0 bridgehead atoms. The highest BCUT2D eigenvalue weighted by Crippen LogP contribution is 2.42. The number of benzene rings is 10. The first-order valence-electron chi connectivity index (χ1n) is 18.9. The van der Waals surface area contributed by atoms with E-state index in [1.54, 1.807) is 0 Å². The number of hydrogen-bond donors (Lipinski definition) is 0. The summed E-state index contributed by atoms with van der Waals surface area (Å²) in [6.07, 6.45) is 0. The molecule has 0 saturated heterocycles. The highest BCUT2D eigenvalue weighted by atomic mass is 15.1. The van der Waals surface area contributed by atoms with E-state index in [0.717, 1.165) is 17.1 Å². The Balaban J connectivity index is 1.05. The van der Waals surface area contributed by atoms with E-state index >= 15 is 0 Å². The second-order valence-corrected chi connectivity index (χ2v) is 14.1. The van der Waals surface area contributed by atoms with Crippen LogP contribution in [0.25, 0.3) is 76.8 Å². The first kappa shape index (κ1) is 32.4. The van der Waals surface area contributed by atoms with Gasteiger partial charge < -0.3 is 4.90 Å². The van der Waals surface area contributed by atoms with Crippen molar-refractivity contribution in [1.82, 2.24) is 0 Å². The van der Waals surface area contributed by atoms with Crippen molar-refractivity contribution in [2.75, 3.05) is 4.90 Å². The number of anilines is 3. The van der Waals surface area contributed by atoms with Crippen molar-refractivity contribution < 1.29 is 0 Å². The summed E-state index contributed by atoms with van der Waals surface area (Å²) >= 11 is 0. The lowest BCUT2D eigenvalue weighted by Gasteiger charge is -2.28. The lowest BCUT2D eigenvalue weighted by Crippen LogP contribution is -2.11. The Morgan fingerprint density at radius 3 is 1.35 bits per heavy atom. The molecule has 0 aliphatic rings. The molecule has 1 heteroatoms.